The highest BCUT2D eigenvalue weighted by Crippen LogP contribution is 2.23. The van der Waals surface area contributed by atoms with Gasteiger partial charge in [0, 0.05) is 4.75 Å². The molecule has 0 aliphatic carbocycles. The number of hydrogen-bond acceptors (Lipinski definition) is 2. The molecule has 0 aliphatic rings. The van der Waals surface area contributed by atoms with Gasteiger partial charge in [0.2, 0.25) is 0 Å². The molecular formula is C5H12OS. The molecule has 0 amide bonds. The van der Waals surface area contributed by atoms with Crippen LogP contribution >= 0.6 is 12.0 Å². The Balaban J connectivity index is 3.36. The third-order valence-corrected chi connectivity index (χ3v) is 1.88. The molecule has 0 atom stereocenters. The van der Waals surface area contributed by atoms with Crippen LogP contribution in [0, 0.1) is 0 Å². The molecule has 0 unspecified atom stereocenters. The fraction of sp³-hybridized carbons (Fsp3) is 1.00. The third kappa shape index (κ3) is 2.94. The van der Waals surface area contributed by atoms with E-state index in [1.165, 1.54) is 0 Å². The molecule has 0 spiro atoms. The first-order valence-corrected chi connectivity index (χ1v) is 3.22. The maximum absolute atomic E-state index is 8.51. The van der Waals surface area contributed by atoms with E-state index >= 15 is 0 Å². The lowest BCUT2D eigenvalue weighted by Gasteiger charge is -2.15. The van der Waals surface area contributed by atoms with Gasteiger partial charge in [0.1, 0.15) is 0 Å². The molecule has 1 N–H and O–H groups in total. The van der Waals surface area contributed by atoms with Crippen LogP contribution in [-0.4, -0.2) is 9.30 Å². The van der Waals surface area contributed by atoms with Gasteiger partial charge in [0.15, 0.2) is 0 Å². The average Bonchev–Trinajstić information content (AvgIpc) is 1.68. The summed E-state index contributed by atoms with van der Waals surface area (Å²) in [5, 5.41) is 0. The molecule has 1 nitrogen and oxygen atoms in total. The molecule has 0 heterocycles. The van der Waals surface area contributed by atoms with Crippen LogP contribution in [0.4, 0.5) is 0 Å². The molecule has 0 radical (unpaired) electrons. The highest BCUT2D eigenvalue weighted by atomic mass is 32.2. The lowest BCUT2D eigenvalue weighted by Crippen LogP contribution is -2.10. The molecule has 0 saturated heterocycles. The second kappa shape index (κ2) is 2.58. The van der Waals surface area contributed by atoms with Gasteiger partial charge >= 0.3 is 0 Å². The van der Waals surface area contributed by atoms with E-state index in [0.717, 1.165) is 18.5 Å². The normalized spacial score (nSPS) is 12.0. The summed E-state index contributed by atoms with van der Waals surface area (Å²) in [6, 6.07) is 0. The van der Waals surface area contributed by atoms with Gasteiger partial charge in [-0.25, -0.2) is 0 Å². The van der Waals surface area contributed by atoms with Crippen molar-refractivity contribution in [3.8, 4) is 0 Å². The van der Waals surface area contributed by atoms with E-state index in [-0.39, 0.29) is 4.75 Å². The number of hydrogen-bond donors (Lipinski definition) is 1. The van der Waals surface area contributed by atoms with E-state index in [9.17, 15) is 0 Å². The van der Waals surface area contributed by atoms with Crippen LogP contribution in [0.15, 0.2) is 0 Å². The van der Waals surface area contributed by atoms with Gasteiger partial charge in [-0.05, 0) is 32.3 Å². The minimum absolute atomic E-state index is 0.0556. The Labute approximate surface area is 49.3 Å². The lowest BCUT2D eigenvalue weighted by molar-refractivity contribution is 0.592. The monoisotopic (exact) mass is 120 g/mol. The Bertz CT molecular complexity index is 46.0. The maximum Gasteiger partial charge on any atom is 0.0361 e. The zero-order valence-electron chi connectivity index (χ0n) is 5.06. The van der Waals surface area contributed by atoms with Crippen LogP contribution < -0.4 is 0 Å². The number of rotatable bonds is 2. The van der Waals surface area contributed by atoms with Crippen molar-refractivity contribution < 1.29 is 4.55 Å². The predicted octanol–water partition coefficient (Wildman–Crippen LogP) is 2.38. The van der Waals surface area contributed by atoms with Crippen molar-refractivity contribution >= 4 is 12.0 Å². The van der Waals surface area contributed by atoms with E-state index in [2.05, 4.69) is 6.92 Å². The Morgan fingerprint density at radius 2 is 2.00 bits per heavy atom. The van der Waals surface area contributed by atoms with Crippen LogP contribution in [0.2, 0.25) is 0 Å². The van der Waals surface area contributed by atoms with Crippen LogP contribution in [0.5, 0.6) is 0 Å². The fourth-order valence-corrected chi connectivity index (χ4v) is 0.194. The Kier molecular flexibility index (Phi) is 2.69. The van der Waals surface area contributed by atoms with Crippen LogP contribution in [0.3, 0.4) is 0 Å². The summed E-state index contributed by atoms with van der Waals surface area (Å²) < 4.78 is 8.57. The summed E-state index contributed by atoms with van der Waals surface area (Å²) >= 11 is 0.927. The smallest absolute Gasteiger partial charge is 0.0361 e. The molecule has 7 heavy (non-hydrogen) atoms. The van der Waals surface area contributed by atoms with Gasteiger partial charge < -0.3 is 4.55 Å². The second-order valence-electron chi connectivity index (χ2n) is 2.20. The van der Waals surface area contributed by atoms with E-state index in [4.69, 9.17) is 4.55 Å². The Morgan fingerprint density at radius 3 is 2.00 bits per heavy atom. The molecule has 0 aromatic heterocycles. The standard InChI is InChI=1S/C5H12OS/c1-4-5(2,3)7-6/h6H,4H2,1-3H3. The molecule has 0 aromatic rings. The SMILES string of the molecule is CCC(C)(C)SO. The van der Waals surface area contributed by atoms with Gasteiger partial charge in [-0.3, -0.25) is 0 Å². The van der Waals surface area contributed by atoms with E-state index in [0.29, 0.717) is 0 Å². The molecule has 0 bridgehead atoms. The van der Waals surface area contributed by atoms with Gasteiger partial charge in [-0.15, -0.1) is 0 Å². The van der Waals surface area contributed by atoms with Gasteiger partial charge in [0.25, 0.3) is 0 Å². The minimum atomic E-state index is 0.0556. The van der Waals surface area contributed by atoms with E-state index < -0.39 is 0 Å². The van der Waals surface area contributed by atoms with Crippen molar-refractivity contribution in [2.24, 2.45) is 0 Å². The summed E-state index contributed by atoms with van der Waals surface area (Å²) in [5.74, 6) is 0. The zero-order chi connectivity index (χ0) is 5.91. The van der Waals surface area contributed by atoms with Crippen molar-refractivity contribution in [1.29, 1.82) is 0 Å². The van der Waals surface area contributed by atoms with E-state index in [1.54, 1.807) is 0 Å². The summed E-state index contributed by atoms with van der Waals surface area (Å²) in [5.41, 5.74) is 0. The minimum Gasteiger partial charge on any atom is -0.330 e. The molecule has 0 aliphatic heterocycles. The average molecular weight is 120 g/mol. The molecule has 0 rings (SSSR count). The van der Waals surface area contributed by atoms with Gasteiger partial charge in [0.05, 0.1) is 0 Å². The third-order valence-electron chi connectivity index (χ3n) is 1.10. The first-order valence-electron chi connectivity index (χ1n) is 2.45. The molecule has 0 fully saturated rings. The summed E-state index contributed by atoms with van der Waals surface area (Å²) in [7, 11) is 0. The molecular weight excluding hydrogens is 108 g/mol. The Hall–Kier alpha value is 0.310. The zero-order valence-corrected chi connectivity index (χ0v) is 5.88. The highest BCUT2D eigenvalue weighted by molar-refractivity contribution is 7.95. The Morgan fingerprint density at radius 1 is 1.57 bits per heavy atom. The first kappa shape index (κ1) is 7.31. The first-order chi connectivity index (χ1) is 3.12. The summed E-state index contributed by atoms with van der Waals surface area (Å²) in [6.07, 6.45) is 1.01. The summed E-state index contributed by atoms with van der Waals surface area (Å²) in [6.45, 7) is 6.08. The van der Waals surface area contributed by atoms with Gasteiger partial charge in [-0.2, -0.15) is 0 Å². The molecule has 2 heteroatoms. The quantitative estimate of drug-likeness (QED) is 0.564. The molecule has 0 aromatic carbocycles. The second-order valence-corrected chi connectivity index (χ2v) is 3.49. The summed E-state index contributed by atoms with van der Waals surface area (Å²) in [4.78, 5) is 0. The fourth-order valence-electron chi connectivity index (χ4n) is 0.0645. The van der Waals surface area contributed by atoms with Crippen molar-refractivity contribution in [2.75, 3.05) is 0 Å². The topological polar surface area (TPSA) is 20.2 Å². The highest BCUT2D eigenvalue weighted by Gasteiger charge is 2.13. The van der Waals surface area contributed by atoms with E-state index in [1.807, 2.05) is 13.8 Å². The van der Waals surface area contributed by atoms with Gasteiger partial charge in [-0.1, -0.05) is 6.92 Å². The lowest BCUT2D eigenvalue weighted by atomic mass is 10.1. The van der Waals surface area contributed by atoms with Crippen LogP contribution in [-0.2, 0) is 0 Å². The van der Waals surface area contributed by atoms with Crippen molar-refractivity contribution in [2.45, 2.75) is 31.9 Å². The van der Waals surface area contributed by atoms with Crippen molar-refractivity contribution in [3.05, 3.63) is 0 Å². The maximum atomic E-state index is 8.51. The molecule has 44 valence electrons. The predicted molar refractivity (Wildman–Crippen MR) is 34.6 cm³/mol. The van der Waals surface area contributed by atoms with Crippen molar-refractivity contribution in [1.82, 2.24) is 0 Å². The largest absolute Gasteiger partial charge is 0.330 e. The van der Waals surface area contributed by atoms with Crippen LogP contribution in [0.25, 0.3) is 0 Å². The van der Waals surface area contributed by atoms with Crippen LogP contribution in [0.1, 0.15) is 27.2 Å². The molecule has 0 saturated carbocycles. The van der Waals surface area contributed by atoms with Crippen molar-refractivity contribution in [3.63, 3.8) is 0 Å².